The molecule has 2 heterocycles. The highest BCUT2D eigenvalue weighted by Crippen LogP contribution is 2.12. The molecule has 0 saturated heterocycles. The minimum Gasteiger partial charge on any atom is -0.378 e. The van der Waals surface area contributed by atoms with Gasteiger partial charge in [-0.25, -0.2) is 9.97 Å². The summed E-state index contributed by atoms with van der Waals surface area (Å²) in [6.07, 6.45) is 4.56. The van der Waals surface area contributed by atoms with Gasteiger partial charge in [-0.05, 0) is 12.5 Å². The van der Waals surface area contributed by atoms with Gasteiger partial charge in [0.25, 0.3) is 0 Å². The quantitative estimate of drug-likeness (QED) is 0.811. The SMILES string of the molecule is CCCNc1cc(NCc2ncn(C)n2)ccn1. The highest BCUT2D eigenvalue weighted by molar-refractivity contribution is 5.51. The van der Waals surface area contributed by atoms with Gasteiger partial charge in [-0.1, -0.05) is 6.92 Å². The van der Waals surface area contributed by atoms with Crippen molar-refractivity contribution in [1.82, 2.24) is 19.7 Å². The Balaban J connectivity index is 1.92. The lowest BCUT2D eigenvalue weighted by Crippen LogP contribution is -2.05. The van der Waals surface area contributed by atoms with Crippen molar-refractivity contribution in [3.05, 3.63) is 30.5 Å². The largest absolute Gasteiger partial charge is 0.378 e. The molecule has 18 heavy (non-hydrogen) atoms. The molecule has 0 aliphatic carbocycles. The molecule has 0 radical (unpaired) electrons. The number of nitrogens with zero attached hydrogens (tertiary/aromatic N) is 4. The summed E-state index contributed by atoms with van der Waals surface area (Å²) in [5.74, 6) is 1.66. The Morgan fingerprint density at radius 1 is 1.28 bits per heavy atom. The van der Waals surface area contributed by atoms with E-state index in [9.17, 15) is 0 Å². The van der Waals surface area contributed by atoms with Crippen molar-refractivity contribution in [3.63, 3.8) is 0 Å². The van der Waals surface area contributed by atoms with Crippen LogP contribution in [0.3, 0.4) is 0 Å². The molecule has 0 aliphatic heterocycles. The van der Waals surface area contributed by atoms with Crippen LogP contribution in [0.5, 0.6) is 0 Å². The highest BCUT2D eigenvalue weighted by Gasteiger charge is 2.00. The van der Waals surface area contributed by atoms with Crippen LogP contribution in [0.2, 0.25) is 0 Å². The maximum absolute atomic E-state index is 4.25. The van der Waals surface area contributed by atoms with Crippen LogP contribution >= 0.6 is 0 Å². The molecule has 0 spiro atoms. The summed E-state index contributed by atoms with van der Waals surface area (Å²) >= 11 is 0. The molecule has 2 N–H and O–H groups in total. The maximum atomic E-state index is 4.25. The van der Waals surface area contributed by atoms with E-state index < -0.39 is 0 Å². The maximum Gasteiger partial charge on any atom is 0.169 e. The zero-order valence-electron chi connectivity index (χ0n) is 10.7. The topological polar surface area (TPSA) is 67.7 Å². The molecule has 96 valence electrons. The minimum absolute atomic E-state index is 0.609. The fourth-order valence-corrected chi connectivity index (χ4v) is 1.54. The number of hydrogen-bond donors (Lipinski definition) is 2. The number of aryl methyl sites for hydroxylation is 1. The van der Waals surface area contributed by atoms with Crippen LogP contribution < -0.4 is 10.6 Å². The smallest absolute Gasteiger partial charge is 0.169 e. The van der Waals surface area contributed by atoms with E-state index in [-0.39, 0.29) is 0 Å². The second-order valence-electron chi connectivity index (χ2n) is 4.04. The third-order valence-electron chi connectivity index (χ3n) is 2.41. The molecule has 0 aromatic carbocycles. The molecule has 0 aliphatic rings. The number of pyridine rings is 1. The third-order valence-corrected chi connectivity index (χ3v) is 2.41. The first-order valence-electron chi connectivity index (χ1n) is 6.06. The lowest BCUT2D eigenvalue weighted by Gasteiger charge is -2.07. The van der Waals surface area contributed by atoms with Crippen molar-refractivity contribution in [2.45, 2.75) is 19.9 Å². The van der Waals surface area contributed by atoms with Crippen molar-refractivity contribution >= 4 is 11.5 Å². The van der Waals surface area contributed by atoms with Crippen LogP contribution in [0.15, 0.2) is 24.7 Å². The van der Waals surface area contributed by atoms with Gasteiger partial charge in [0, 0.05) is 31.5 Å². The van der Waals surface area contributed by atoms with Gasteiger partial charge < -0.3 is 10.6 Å². The highest BCUT2D eigenvalue weighted by atomic mass is 15.3. The van der Waals surface area contributed by atoms with Gasteiger partial charge in [0.15, 0.2) is 5.82 Å². The number of anilines is 2. The van der Waals surface area contributed by atoms with Crippen LogP contribution in [-0.4, -0.2) is 26.3 Å². The standard InChI is InChI=1S/C12H18N6/c1-3-5-13-11-7-10(4-6-14-11)15-8-12-16-9-18(2)17-12/h4,6-7,9H,3,5,8H2,1-2H3,(H2,13,14,15). The fraction of sp³-hybridized carbons (Fsp3) is 0.417. The molecule has 0 amide bonds. The van der Waals surface area contributed by atoms with E-state index in [2.05, 4.69) is 32.6 Å². The van der Waals surface area contributed by atoms with E-state index >= 15 is 0 Å². The first-order valence-corrected chi connectivity index (χ1v) is 6.06. The molecule has 0 atom stereocenters. The van der Waals surface area contributed by atoms with Crippen LogP contribution in [0.1, 0.15) is 19.2 Å². The van der Waals surface area contributed by atoms with Crippen LogP contribution in [-0.2, 0) is 13.6 Å². The van der Waals surface area contributed by atoms with Crippen molar-refractivity contribution < 1.29 is 0 Å². The van der Waals surface area contributed by atoms with Crippen LogP contribution in [0, 0.1) is 0 Å². The first kappa shape index (κ1) is 12.3. The summed E-state index contributed by atoms with van der Waals surface area (Å²) < 4.78 is 1.69. The average molecular weight is 246 g/mol. The Morgan fingerprint density at radius 2 is 2.17 bits per heavy atom. The van der Waals surface area contributed by atoms with Crippen molar-refractivity contribution in [2.24, 2.45) is 7.05 Å². The number of rotatable bonds is 6. The summed E-state index contributed by atoms with van der Waals surface area (Å²) in [7, 11) is 1.86. The molecule has 6 heteroatoms. The van der Waals surface area contributed by atoms with Gasteiger partial charge in [-0.2, -0.15) is 5.10 Å². The molecule has 0 fully saturated rings. The van der Waals surface area contributed by atoms with Gasteiger partial charge in [0.1, 0.15) is 12.1 Å². The Bertz CT molecular complexity index is 493. The zero-order valence-corrected chi connectivity index (χ0v) is 10.7. The summed E-state index contributed by atoms with van der Waals surface area (Å²) in [4.78, 5) is 8.41. The monoisotopic (exact) mass is 246 g/mol. The van der Waals surface area contributed by atoms with Gasteiger partial charge in [-0.15, -0.1) is 0 Å². The predicted octanol–water partition coefficient (Wildman–Crippen LogP) is 1.64. The molecule has 2 rings (SSSR count). The molecular weight excluding hydrogens is 228 g/mol. The predicted molar refractivity (Wildman–Crippen MR) is 71.3 cm³/mol. The molecular formula is C12H18N6. The zero-order chi connectivity index (χ0) is 12.8. The second-order valence-corrected chi connectivity index (χ2v) is 4.04. The van der Waals surface area contributed by atoms with E-state index in [4.69, 9.17) is 0 Å². The first-order chi connectivity index (χ1) is 8.78. The summed E-state index contributed by atoms with van der Waals surface area (Å²) in [6, 6.07) is 3.92. The third kappa shape index (κ3) is 3.44. The van der Waals surface area contributed by atoms with Crippen molar-refractivity contribution in [1.29, 1.82) is 0 Å². The minimum atomic E-state index is 0.609. The number of hydrogen-bond acceptors (Lipinski definition) is 5. The van der Waals surface area contributed by atoms with Gasteiger partial charge >= 0.3 is 0 Å². The average Bonchev–Trinajstić information content (AvgIpc) is 2.80. The van der Waals surface area contributed by atoms with Crippen LogP contribution in [0.4, 0.5) is 11.5 Å². The Morgan fingerprint density at radius 3 is 2.89 bits per heavy atom. The van der Waals surface area contributed by atoms with Gasteiger partial charge in [0.2, 0.25) is 0 Å². The van der Waals surface area contributed by atoms with Crippen molar-refractivity contribution in [3.8, 4) is 0 Å². The van der Waals surface area contributed by atoms with E-state index in [1.165, 1.54) is 0 Å². The molecule has 0 saturated carbocycles. The second kappa shape index (κ2) is 6.00. The lowest BCUT2D eigenvalue weighted by molar-refractivity contribution is 0.747. The molecule has 2 aromatic heterocycles. The molecule has 2 aromatic rings. The summed E-state index contributed by atoms with van der Waals surface area (Å²) in [5, 5.41) is 10.7. The van der Waals surface area contributed by atoms with Crippen LogP contribution in [0.25, 0.3) is 0 Å². The normalized spacial score (nSPS) is 10.3. The van der Waals surface area contributed by atoms with Crippen molar-refractivity contribution in [2.75, 3.05) is 17.2 Å². The Hall–Kier alpha value is -2.11. The summed E-state index contributed by atoms with van der Waals surface area (Å²) in [5.41, 5.74) is 1.01. The Kier molecular flexibility index (Phi) is 4.11. The molecule has 0 unspecified atom stereocenters. The lowest BCUT2D eigenvalue weighted by atomic mass is 10.3. The summed E-state index contributed by atoms with van der Waals surface area (Å²) in [6.45, 7) is 3.66. The van der Waals surface area contributed by atoms with Gasteiger partial charge in [-0.3, -0.25) is 4.68 Å². The molecule has 6 nitrogen and oxygen atoms in total. The van der Waals surface area contributed by atoms with Gasteiger partial charge in [0.05, 0.1) is 6.54 Å². The van der Waals surface area contributed by atoms with E-state index in [1.807, 2.05) is 19.2 Å². The number of aromatic nitrogens is 4. The Labute approximate surface area is 106 Å². The fourth-order valence-electron chi connectivity index (χ4n) is 1.54. The van der Waals surface area contributed by atoms with E-state index in [0.29, 0.717) is 6.54 Å². The van der Waals surface area contributed by atoms with E-state index in [1.54, 1.807) is 17.2 Å². The van der Waals surface area contributed by atoms with E-state index in [0.717, 1.165) is 30.3 Å². The molecule has 0 bridgehead atoms. The number of nitrogens with one attached hydrogen (secondary N) is 2.